The molecule has 0 aromatic rings. The monoisotopic (exact) mass is 230 g/mol. The van der Waals surface area contributed by atoms with Crippen LogP contribution >= 0.6 is 0 Å². The van der Waals surface area contributed by atoms with Gasteiger partial charge in [0.25, 0.3) is 0 Å². The molecule has 0 heteroatoms. The summed E-state index contributed by atoms with van der Waals surface area (Å²) in [5.74, 6) is 0. The maximum atomic E-state index is 2.47. The van der Waals surface area contributed by atoms with Gasteiger partial charge in [-0.2, -0.15) is 0 Å². The number of rotatable bonds is 7. The Bertz CT molecular complexity index is 88.2. The van der Waals surface area contributed by atoms with E-state index in [1.54, 1.807) is 0 Å². The quantitative estimate of drug-likeness (QED) is 0.449. The van der Waals surface area contributed by atoms with Crippen molar-refractivity contribution in [1.29, 1.82) is 0 Å². The lowest BCUT2D eigenvalue weighted by Gasteiger charge is -2.28. The fourth-order valence-corrected chi connectivity index (χ4v) is 2.19. The van der Waals surface area contributed by atoms with Crippen molar-refractivity contribution in [2.45, 2.75) is 100 Å². The second-order valence-corrected chi connectivity index (χ2v) is 4.41. The molecule has 0 N–H and O–H groups in total. The van der Waals surface area contributed by atoms with Crippen LogP contribution < -0.4 is 0 Å². The summed E-state index contributed by atoms with van der Waals surface area (Å²) in [5.41, 5.74) is 0.652. The van der Waals surface area contributed by atoms with Crippen LogP contribution in [0.4, 0.5) is 0 Å². The maximum absolute atomic E-state index is 2.47. The van der Waals surface area contributed by atoms with Gasteiger partial charge in [-0.15, -0.1) is 0 Å². The highest BCUT2D eigenvalue weighted by Gasteiger charge is 2.20. The van der Waals surface area contributed by atoms with Gasteiger partial charge >= 0.3 is 0 Å². The SMILES string of the molecule is CC.CC.CCCCC(C)(CCC)CCC. The van der Waals surface area contributed by atoms with E-state index < -0.39 is 0 Å². The number of unbranched alkanes of at least 4 members (excludes halogenated alkanes) is 1. The van der Waals surface area contributed by atoms with Crippen LogP contribution in [0, 0.1) is 5.41 Å². The normalized spacial score (nSPS) is 9.75. The summed E-state index contributed by atoms with van der Waals surface area (Å²) >= 11 is 0. The fourth-order valence-electron chi connectivity index (χ4n) is 2.19. The molecular weight excluding hydrogens is 192 g/mol. The summed E-state index contributed by atoms with van der Waals surface area (Å²) < 4.78 is 0. The smallest absolute Gasteiger partial charge is 0.0326 e. The molecule has 0 saturated carbocycles. The van der Waals surface area contributed by atoms with E-state index in [0.717, 1.165) is 0 Å². The molecule has 16 heavy (non-hydrogen) atoms. The molecule has 0 aliphatic rings. The van der Waals surface area contributed by atoms with Crippen molar-refractivity contribution in [2.75, 3.05) is 0 Å². The van der Waals surface area contributed by atoms with Crippen LogP contribution in [0.25, 0.3) is 0 Å². The Labute approximate surface area is 106 Å². The van der Waals surface area contributed by atoms with Crippen LogP contribution in [0.15, 0.2) is 0 Å². The van der Waals surface area contributed by atoms with Gasteiger partial charge < -0.3 is 0 Å². The van der Waals surface area contributed by atoms with E-state index in [2.05, 4.69) is 27.7 Å². The predicted octanol–water partition coefficient (Wildman–Crippen LogP) is 6.84. The van der Waals surface area contributed by atoms with Crippen LogP contribution in [0.3, 0.4) is 0 Å². The van der Waals surface area contributed by atoms with Gasteiger partial charge in [0.05, 0.1) is 0 Å². The van der Waals surface area contributed by atoms with Crippen LogP contribution in [-0.4, -0.2) is 0 Å². The highest BCUT2D eigenvalue weighted by Crippen LogP contribution is 2.34. The third-order valence-electron chi connectivity index (χ3n) is 2.84. The molecule has 102 valence electrons. The van der Waals surface area contributed by atoms with E-state index in [0.29, 0.717) is 5.41 Å². The molecule has 0 radical (unpaired) electrons. The van der Waals surface area contributed by atoms with Crippen molar-refractivity contribution < 1.29 is 0 Å². The molecule has 0 aromatic heterocycles. The van der Waals surface area contributed by atoms with E-state index in [4.69, 9.17) is 0 Å². The largest absolute Gasteiger partial charge is 0.0683 e. The zero-order chi connectivity index (χ0) is 13.4. The lowest BCUT2D eigenvalue weighted by atomic mass is 9.77. The minimum atomic E-state index is 0.652. The molecule has 0 heterocycles. The summed E-state index contributed by atoms with van der Waals surface area (Å²) in [5, 5.41) is 0. The highest BCUT2D eigenvalue weighted by atomic mass is 14.3. The molecule has 0 amide bonds. The van der Waals surface area contributed by atoms with E-state index in [9.17, 15) is 0 Å². The van der Waals surface area contributed by atoms with E-state index in [1.807, 2.05) is 27.7 Å². The van der Waals surface area contributed by atoms with Crippen molar-refractivity contribution in [1.82, 2.24) is 0 Å². The second-order valence-electron chi connectivity index (χ2n) is 4.41. The first-order chi connectivity index (χ1) is 7.68. The molecule has 0 fully saturated rings. The van der Waals surface area contributed by atoms with Gasteiger partial charge in [-0.25, -0.2) is 0 Å². The zero-order valence-corrected chi connectivity index (χ0v) is 13.4. The van der Waals surface area contributed by atoms with Gasteiger partial charge in [-0.1, -0.05) is 81.1 Å². The molecule has 0 unspecified atom stereocenters. The lowest BCUT2D eigenvalue weighted by molar-refractivity contribution is 0.237. The Morgan fingerprint density at radius 1 is 0.625 bits per heavy atom. The van der Waals surface area contributed by atoms with Gasteiger partial charge in [0.15, 0.2) is 0 Å². The topological polar surface area (TPSA) is 0 Å². The lowest BCUT2D eigenvalue weighted by Crippen LogP contribution is -2.15. The third-order valence-corrected chi connectivity index (χ3v) is 2.84. The van der Waals surface area contributed by atoms with Gasteiger partial charge in [-0.3, -0.25) is 0 Å². The van der Waals surface area contributed by atoms with Gasteiger partial charge in [0, 0.05) is 0 Å². The van der Waals surface area contributed by atoms with Crippen molar-refractivity contribution in [3.05, 3.63) is 0 Å². The summed E-state index contributed by atoms with van der Waals surface area (Å²) in [6.07, 6.45) is 9.73. The Hall–Kier alpha value is 0. The van der Waals surface area contributed by atoms with Crippen LogP contribution in [-0.2, 0) is 0 Å². The summed E-state index contributed by atoms with van der Waals surface area (Å²) in [7, 11) is 0. The average Bonchev–Trinajstić information content (AvgIpc) is 2.32. The van der Waals surface area contributed by atoms with Crippen LogP contribution in [0.2, 0.25) is 0 Å². The van der Waals surface area contributed by atoms with Crippen molar-refractivity contribution in [3.63, 3.8) is 0 Å². The molecule has 0 nitrogen and oxygen atoms in total. The molecule has 0 aromatic carbocycles. The van der Waals surface area contributed by atoms with Gasteiger partial charge in [0.1, 0.15) is 0 Å². The molecule has 0 aliphatic heterocycles. The first kappa shape index (κ1) is 21.3. The molecule has 0 atom stereocenters. The first-order valence-corrected chi connectivity index (χ1v) is 7.68. The first-order valence-electron chi connectivity index (χ1n) is 7.68. The second kappa shape index (κ2) is 17.4. The third kappa shape index (κ3) is 14.0. The Kier molecular flexibility index (Phi) is 23.2. The summed E-state index contributed by atoms with van der Waals surface area (Å²) in [4.78, 5) is 0. The van der Waals surface area contributed by atoms with E-state index >= 15 is 0 Å². The Morgan fingerprint density at radius 2 is 1.00 bits per heavy atom. The van der Waals surface area contributed by atoms with Crippen molar-refractivity contribution in [3.8, 4) is 0 Å². The van der Waals surface area contributed by atoms with Gasteiger partial charge in [-0.05, 0) is 24.7 Å². The fraction of sp³-hybridized carbons (Fsp3) is 1.00. The summed E-state index contributed by atoms with van der Waals surface area (Å²) in [6.45, 7) is 17.4. The highest BCUT2D eigenvalue weighted by molar-refractivity contribution is 4.72. The predicted molar refractivity (Wildman–Crippen MR) is 80.1 cm³/mol. The van der Waals surface area contributed by atoms with Crippen LogP contribution in [0.1, 0.15) is 100 Å². The van der Waals surface area contributed by atoms with Gasteiger partial charge in [0.2, 0.25) is 0 Å². The Balaban J connectivity index is -0.000000376. The number of hydrogen-bond acceptors (Lipinski definition) is 0. The minimum absolute atomic E-state index is 0.652. The molecule has 0 spiro atoms. The molecule has 0 saturated heterocycles. The summed E-state index contributed by atoms with van der Waals surface area (Å²) in [6, 6.07) is 0. The van der Waals surface area contributed by atoms with E-state index in [-0.39, 0.29) is 0 Å². The molecule has 0 rings (SSSR count). The molecular formula is C16H38. The van der Waals surface area contributed by atoms with Crippen molar-refractivity contribution in [2.24, 2.45) is 5.41 Å². The zero-order valence-electron chi connectivity index (χ0n) is 13.4. The Morgan fingerprint density at radius 3 is 1.25 bits per heavy atom. The van der Waals surface area contributed by atoms with Crippen LogP contribution in [0.5, 0.6) is 0 Å². The number of hydrogen-bond donors (Lipinski definition) is 0. The average molecular weight is 230 g/mol. The minimum Gasteiger partial charge on any atom is -0.0683 e. The molecule has 0 aliphatic carbocycles. The van der Waals surface area contributed by atoms with Crippen molar-refractivity contribution >= 4 is 0 Å². The van der Waals surface area contributed by atoms with E-state index in [1.165, 1.54) is 44.9 Å². The molecule has 0 bridgehead atoms. The maximum Gasteiger partial charge on any atom is -0.0326 e. The standard InChI is InChI=1S/C12H26.2C2H6/c1-5-8-11-12(4,9-6-2)10-7-3;2*1-2/h5-11H2,1-4H3;2*1-2H3.